The fraction of sp³-hybridized carbons (Fsp3) is 0.290. The second kappa shape index (κ2) is 12.0. The molecule has 0 aliphatic rings. The Kier molecular flexibility index (Phi) is 8.52. The summed E-state index contributed by atoms with van der Waals surface area (Å²) >= 11 is 0. The van der Waals surface area contributed by atoms with Crippen molar-refractivity contribution in [1.29, 1.82) is 0 Å². The first-order chi connectivity index (χ1) is 19.1. The van der Waals surface area contributed by atoms with Gasteiger partial charge in [0, 0.05) is 49.8 Å². The van der Waals surface area contributed by atoms with Crippen molar-refractivity contribution in [2.75, 3.05) is 23.9 Å². The van der Waals surface area contributed by atoms with Gasteiger partial charge in [-0.05, 0) is 67.3 Å². The summed E-state index contributed by atoms with van der Waals surface area (Å²) in [7, 11) is 3.71. The van der Waals surface area contributed by atoms with E-state index in [0.29, 0.717) is 35.6 Å². The molecule has 1 atom stereocenters. The largest absolute Gasteiger partial charge is 0.481 e. The molecule has 4 rings (SSSR count). The zero-order valence-electron chi connectivity index (χ0n) is 23.5. The number of nitrogens with one attached hydrogen (secondary N) is 1. The molecule has 0 radical (unpaired) electrons. The maximum absolute atomic E-state index is 13.0. The number of carbonyl (C=O) groups excluding carboxylic acids is 1. The number of amides is 1. The standard InChI is InChI=1S/C31H35N5O4/c1-6-34(4)31(39)23-12-13-25(32-18-24-19-35(5)28-15-20(2)14-21(3)30(24)28)27(16-23)36(33-40)26(17-29(37)38)22-10-8-7-9-11-22/h7-16,19,26,32H,6,17-18H2,1-5H3,(H,37,38). The van der Waals surface area contributed by atoms with Crippen LogP contribution in [0.25, 0.3) is 10.9 Å². The normalized spacial score (nSPS) is 11.7. The smallest absolute Gasteiger partial charge is 0.305 e. The van der Waals surface area contributed by atoms with Gasteiger partial charge in [-0.2, -0.15) is 0 Å². The lowest BCUT2D eigenvalue weighted by molar-refractivity contribution is -0.137. The second-order valence-electron chi connectivity index (χ2n) is 10.1. The second-order valence-corrected chi connectivity index (χ2v) is 10.1. The van der Waals surface area contributed by atoms with Crippen LogP contribution in [-0.4, -0.2) is 40.0 Å². The van der Waals surface area contributed by atoms with Gasteiger partial charge in [-0.15, -0.1) is 4.91 Å². The van der Waals surface area contributed by atoms with E-state index in [0.717, 1.165) is 27.0 Å². The first-order valence-corrected chi connectivity index (χ1v) is 13.2. The van der Waals surface area contributed by atoms with E-state index < -0.39 is 12.0 Å². The number of aliphatic carboxylic acids is 1. The van der Waals surface area contributed by atoms with Crippen molar-refractivity contribution in [3.05, 3.63) is 99.6 Å². The van der Waals surface area contributed by atoms with Crippen molar-refractivity contribution in [3.8, 4) is 0 Å². The minimum atomic E-state index is -1.07. The highest BCUT2D eigenvalue weighted by Gasteiger charge is 2.28. The Labute approximate surface area is 234 Å². The Bertz CT molecular complexity index is 1550. The maximum atomic E-state index is 13.0. The Balaban J connectivity index is 1.80. The van der Waals surface area contributed by atoms with E-state index in [9.17, 15) is 19.6 Å². The van der Waals surface area contributed by atoms with Gasteiger partial charge in [-0.25, -0.2) is 5.01 Å². The SMILES string of the molecule is CCN(C)C(=O)c1ccc(NCc2cn(C)c3cc(C)cc(C)c23)c(N(N=O)C(CC(=O)O)c2ccccc2)c1. The Morgan fingerprint density at radius 3 is 2.45 bits per heavy atom. The maximum Gasteiger partial charge on any atom is 0.305 e. The number of anilines is 2. The fourth-order valence-electron chi connectivity index (χ4n) is 5.16. The molecule has 1 unspecified atom stereocenters. The van der Waals surface area contributed by atoms with Gasteiger partial charge < -0.3 is 19.9 Å². The van der Waals surface area contributed by atoms with Crippen LogP contribution in [0.4, 0.5) is 11.4 Å². The van der Waals surface area contributed by atoms with Gasteiger partial charge in [0.2, 0.25) is 0 Å². The minimum absolute atomic E-state index is 0.212. The van der Waals surface area contributed by atoms with Gasteiger partial charge >= 0.3 is 5.97 Å². The number of carbonyl (C=O) groups is 2. The molecule has 2 N–H and O–H groups in total. The number of carboxylic acid groups (broad SMARTS) is 1. The number of fused-ring (bicyclic) bond motifs is 1. The van der Waals surface area contributed by atoms with Crippen LogP contribution in [0.2, 0.25) is 0 Å². The van der Waals surface area contributed by atoms with E-state index in [1.807, 2.05) is 20.0 Å². The Morgan fingerprint density at radius 1 is 1.07 bits per heavy atom. The van der Waals surface area contributed by atoms with Gasteiger partial charge in [0.25, 0.3) is 5.91 Å². The van der Waals surface area contributed by atoms with Gasteiger partial charge in [0.15, 0.2) is 0 Å². The van der Waals surface area contributed by atoms with Crippen LogP contribution in [0.5, 0.6) is 0 Å². The van der Waals surface area contributed by atoms with Crippen molar-refractivity contribution >= 4 is 34.2 Å². The number of aromatic nitrogens is 1. The van der Waals surface area contributed by atoms with Gasteiger partial charge in [-0.3, -0.25) is 9.59 Å². The molecule has 9 nitrogen and oxygen atoms in total. The summed E-state index contributed by atoms with van der Waals surface area (Å²) in [6, 6.07) is 17.4. The fourth-order valence-corrected chi connectivity index (χ4v) is 5.16. The predicted molar refractivity (Wildman–Crippen MR) is 159 cm³/mol. The summed E-state index contributed by atoms with van der Waals surface area (Å²) in [5.41, 5.74) is 6.43. The third-order valence-electron chi connectivity index (χ3n) is 7.23. The molecule has 1 amide bonds. The zero-order chi connectivity index (χ0) is 29.0. The van der Waals surface area contributed by atoms with Crippen molar-refractivity contribution in [1.82, 2.24) is 9.47 Å². The minimum Gasteiger partial charge on any atom is -0.481 e. The van der Waals surface area contributed by atoms with E-state index in [-0.39, 0.29) is 12.3 Å². The molecule has 0 aliphatic heterocycles. The van der Waals surface area contributed by atoms with Crippen LogP contribution in [0.1, 0.15) is 52.0 Å². The number of hydrogen-bond acceptors (Lipinski definition) is 5. The molecule has 3 aromatic carbocycles. The van der Waals surface area contributed by atoms with Crippen molar-refractivity contribution in [2.24, 2.45) is 12.3 Å². The lowest BCUT2D eigenvalue weighted by Gasteiger charge is -2.28. The molecule has 0 aliphatic carbocycles. The molecular formula is C31H35N5O4. The highest BCUT2D eigenvalue weighted by molar-refractivity contribution is 5.96. The molecule has 0 saturated heterocycles. The monoisotopic (exact) mass is 541 g/mol. The lowest BCUT2D eigenvalue weighted by Crippen LogP contribution is -2.28. The summed E-state index contributed by atoms with van der Waals surface area (Å²) in [5, 5.41) is 18.7. The first kappa shape index (κ1) is 28.4. The van der Waals surface area contributed by atoms with Crippen LogP contribution in [0, 0.1) is 18.8 Å². The Morgan fingerprint density at radius 2 is 1.80 bits per heavy atom. The third kappa shape index (κ3) is 5.83. The van der Waals surface area contributed by atoms with Gasteiger partial charge in [-0.1, -0.05) is 36.4 Å². The van der Waals surface area contributed by atoms with Crippen LogP contribution < -0.4 is 10.3 Å². The molecule has 4 aromatic rings. The summed E-state index contributed by atoms with van der Waals surface area (Å²) in [4.78, 5) is 38.9. The van der Waals surface area contributed by atoms with Crippen molar-refractivity contribution in [2.45, 2.75) is 39.8 Å². The van der Waals surface area contributed by atoms with E-state index in [4.69, 9.17) is 0 Å². The van der Waals surface area contributed by atoms with E-state index in [2.05, 4.69) is 47.3 Å². The number of aryl methyl sites for hydroxylation is 3. The van der Waals surface area contributed by atoms with Crippen LogP contribution >= 0.6 is 0 Å². The number of carboxylic acids is 1. The van der Waals surface area contributed by atoms with E-state index >= 15 is 0 Å². The van der Waals surface area contributed by atoms with Gasteiger partial charge in [0.05, 0.1) is 29.1 Å². The highest BCUT2D eigenvalue weighted by atomic mass is 16.4. The highest BCUT2D eigenvalue weighted by Crippen LogP contribution is 2.37. The number of benzene rings is 3. The van der Waals surface area contributed by atoms with Crippen LogP contribution in [0.3, 0.4) is 0 Å². The average Bonchev–Trinajstić information content (AvgIpc) is 3.26. The molecule has 0 saturated carbocycles. The summed E-state index contributed by atoms with van der Waals surface area (Å²) in [6.45, 7) is 6.99. The summed E-state index contributed by atoms with van der Waals surface area (Å²) in [5.74, 6) is -1.29. The Hall–Kier alpha value is -4.66. The van der Waals surface area contributed by atoms with E-state index in [1.54, 1.807) is 54.4 Å². The molecule has 208 valence electrons. The number of nitroso groups, excluding NO2 is 1. The summed E-state index contributed by atoms with van der Waals surface area (Å²) < 4.78 is 2.09. The number of rotatable bonds is 11. The number of nitrogens with zero attached hydrogens (tertiary/aromatic N) is 4. The van der Waals surface area contributed by atoms with Crippen LogP contribution in [0.15, 0.2) is 72.1 Å². The first-order valence-electron chi connectivity index (χ1n) is 13.2. The average molecular weight is 542 g/mol. The van der Waals surface area contributed by atoms with Crippen LogP contribution in [-0.2, 0) is 18.4 Å². The summed E-state index contributed by atoms with van der Waals surface area (Å²) in [6.07, 6.45) is 1.72. The molecule has 0 spiro atoms. The molecule has 9 heteroatoms. The predicted octanol–water partition coefficient (Wildman–Crippen LogP) is 6.20. The molecule has 1 heterocycles. The molecule has 0 fully saturated rings. The van der Waals surface area contributed by atoms with Crippen molar-refractivity contribution in [3.63, 3.8) is 0 Å². The quantitative estimate of drug-likeness (QED) is 0.173. The van der Waals surface area contributed by atoms with Gasteiger partial charge in [0.1, 0.15) is 0 Å². The number of hydrogen-bond donors (Lipinski definition) is 2. The molecular weight excluding hydrogens is 506 g/mol. The lowest BCUT2D eigenvalue weighted by atomic mass is 10.0. The van der Waals surface area contributed by atoms with E-state index in [1.165, 1.54) is 5.56 Å². The molecule has 40 heavy (non-hydrogen) atoms. The molecule has 1 aromatic heterocycles. The topological polar surface area (TPSA) is 107 Å². The third-order valence-corrected chi connectivity index (χ3v) is 7.23. The zero-order valence-corrected chi connectivity index (χ0v) is 23.5. The molecule has 0 bridgehead atoms. The van der Waals surface area contributed by atoms with Crippen molar-refractivity contribution < 1.29 is 14.7 Å².